The van der Waals surface area contributed by atoms with Crippen molar-refractivity contribution in [1.29, 1.82) is 0 Å². The van der Waals surface area contributed by atoms with Crippen LogP contribution in [-0.2, 0) is 4.74 Å². The lowest BCUT2D eigenvalue weighted by Crippen LogP contribution is -2.67. The molecule has 21 heavy (non-hydrogen) atoms. The quantitative estimate of drug-likeness (QED) is 0.904. The fourth-order valence-electron chi connectivity index (χ4n) is 3.73. The van der Waals surface area contributed by atoms with E-state index in [2.05, 4.69) is 10.2 Å². The van der Waals surface area contributed by atoms with Crippen LogP contribution in [0.2, 0.25) is 0 Å². The van der Waals surface area contributed by atoms with Gasteiger partial charge in [0.2, 0.25) is 0 Å². The molecule has 114 valence electrons. The van der Waals surface area contributed by atoms with Crippen LogP contribution in [0.1, 0.15) is 43.1 Å². The molecule has 1 heterocycles. The number of carbonyl (C=O) groups excluding carboxylic acids is 1. The molecule has 3 rings (SSSR count). The van der Waals surface area contributed by atoms with Crippen molar-refractivity contribution in [3.05, 3.63) is 28.2 Å². The number of aromatic nitrogens is 2. The number of carbonyl (C=O) groups is 1. The molecule has 2 atom stereocenters. The van der Waals surface area contributed by atoms with Gasteiger partial charge in [-0.15, -0.1) is 0 Å². The molecule has 2 aliphatic carbocycles. The Kier molecular flexibility index (Phi) is 3.57. The van der Waals surface area contributed by atoms with Gasteiger partial charge in [0.25, 0.3) is 11.5 Å². The topological polar surface area (TPSA) is 75.3 Å². The van der Waals surface area contributed by atoms with Gasteiger partial charge in [0.15, 0.2) is 0 Å². The van der Waals surface area contributed by atoms with Crippen molar-refractivity contribution >= 4 is 5.91 Å². The molecule has 0 aromatic carbocycles. The lowest BCUT2D eigenvalue weighted by atomic mass is 9.50. The fraction of sp³-hybridized carbons (Fsp3) is 0.667. The van der Waals surface area contributed by atoms with Crippen molar-refractivity contribution < 1.29 is 9.53 Å². The lowest BCUT2D eigenvalue weighted by Gasteiger charge is -2.63. The van der Waals surface area contributed by atoms with Crippen molar-refractivity contribution in [1.82, 2.24) is 15.1 Å². The molecule has 0 bridgehead atoms. The third kappa shape index (κ3) is 2.18. The van der Waals surface area contributed by atoms with E-state index in [1.807, 2.05) is 14.0 Å². The second kappa shape index (κ2) is 5.26. The Bertz CT molecular complexity index is 574. The zero-order valence-electron chi connectivity index (χ0n) is 12.5. The van der Waals surface area contributed by atoms with Crippen LogP contribution in [0.25, 0.3) is 0 Å². The Hall–Kier alpha value is -1.69. The summed E-state index contributed by atoms with van der Waals surface area (Å²) in [7, 11) is 1.82. The number of aromatic amines is 1. The SMILES string of the molecule is CCO[C@@H]1C[C@H](N(C)C(=O)c2ccc(=O)[nH]n2)C12CCC2. The summed E-state index contributed by atoms with van der Waals surface area (Å²) in [6.45, 7) is 2.73. The van der Waals surface area contributed by atoms with Gasteiger partial charge in [0, 0.05) is 31.2 Å². The Labute approximate surface area is 123 Å². The van der Waals surface area contributed by atoms with Crippen LogP contribution in [0.5, 0.6) is 0 Å². The van der Waals surface area contributed by atoms with Gasteiger partial charge in [0.05, 0.1) is 6.10 Å². The molecule has 0 saturated heterocycles. The average Bonchev–Trinajstić information content (AvgIpc) is 2.41. The van der Waals surface area contributed by atoms with Gasteiger partial charge in [-0.1, -0.05) is 6.42 Å². The number of nitrogens with zero attached hydrogens (tertiary/aromatic N) is 2. The number of ether oxygens (including phenoxy) is 1. The molecule has 2 saturated carbocycles. The highest BCUT2D eigenvalue weighted by Gasteiger charge is 2.60. The fourth-order valence-corrected chi connectivity index (χ4v) is 3.73. The van der Waals surface area contributed by atoms with Crippen LogP contribution in [-0.4, -0.2) is 46.8 Å². The van der Waals surface area contributed by atoms with Crippen molar-refractivity contribution in [2.24, 2.45) is 5.41 Å². The summed E-state index contributed by atoms with van der Waals surface area (Å²) in [5.74, 6) is -0.141. The lowest BCUT2D eigenvalue weighted by molar-refractivity contribution is -0.192. The van der Waals surface area contributed by atoms with E-state index < -0.39 is 0 Å². The normalized spacial score (nSPS) is 26.0. The van der Waals surface area contributed by atoms with E-state index in [1.54, 1.807) is 4.90 Å². The predicted molar refractivity (Wildman–Crippen MR) is 77.1 cm³/mol. The molecule has 1 N–H and O–H groups in total. The molecule has 1 spiro atoms. The first kappa shape index (κ1) is 14.3. The van der Waals surface area contributed by atoms with E-state index in [9.17, 15) is 9.59 Å². The minimum atomic E-state index is -0.301. The van der Waals surface area contributed by atoms with Gasteiger partial charge in [-0.25, -0.2) is 5.10 Å². The Morgan fingerprint density at radius 2 is 2.29 bits per heavy atom. The molecule has 1 amide bonds. The second-order valence-electron chi connectivity index (χ2n) is 6.00. The van der Waals surface area contributed by atoms with Gasteiger partial charge >= 0.3 is 0 Å². The predicted octanol–water partition coefficient (Wildman–Crippen LogP) is 1.19. The second-order valence-corrected chi connectivity index (χ2v) is 6.00. The number of hydrogen-bond acceptors (Lipinski definition) is 4. The van der Waals surface area contributed by atoms with Gasteiger partial charge < -0.3 is 9.64 Å². The standard InChI is InChI=1S/C15H21N3O3/c1-3-21-12-9-11(15(12)7-4-8-15)18(2)14(20)10-5-6-13(19)17-16-10/h5-6,11-12H,3-4,7-9H2,1-2H3,(H,17,19)/t11-,12+/m0/s1. The molecule has 1 aromatic rings. The first-order valence-corrected chi connectivity index (χ1v) is 7.53. The highest BCUT2D eigenvalue weighted by Crippen LogP contribution is 2.58. The first-order valence-electron chi connectivity index (χ1n) is 7.53. The van der Waals surface area contributed by atoms with Gasteiger partial charge in [0.1, 0.15) is 5.69 Å². The minimum absolute atomic E-state index is 0.141. The maximum atomic E-state index is 12.5. The summed E-state index contributed by atoms with van der Waals surface area (Å²) in [5.41, 5.74) is 0.124. The Morgan fingerprint density at radius 1 is 1.52 bits per heavy atom. The van der Waals surface area contributed by atoms with Crippen LogP contribution in [0.4, 0.5) is 0 Å². The van der Waals surface area contributed by atoms with E-state index >= 15 is 0 Å². The summed E-state index contributed by atoms with van der Waals surface area (Å²) in [5, 5.41) is 6.14. The number of nitrogens with one attached hydrogen (secondary N) is 1. The van der Waals surface area contributed by atoms with Crippen LogP contribution in [0.3, 0.4) is 0 Å². The molecule has 1 aromatic heterocycles. The Balaban J connectivity index is 1.73. The number of hydrogen-bond donors (Lipinski definition) is 1. The van der Waals surface area contributed by atoms with E-state index in [0.717, 1.165) is 25.9 Å². The van der Waals surface area contributed by atoms with Crippen molar-refractivity contribution in [3.63, 3.8) is 0 Å². The first-order chi connectivity index (χ1) is 10.1. The smallest absolute Gasteiger partial charge is 0.274 e. The zero-order chi connectivity index (χ0) is 15.0. The van der Waals surface area contributed by atoms with E-state index in [1.165, 1.54) is 18.6 Å². The van der Waals surface area contributed by atoms with Crippen molar-refractivity contribution in [2.45, 2.75) is 44.8 Å². The third-order valence-electron chi connectivity index (χ3n) is 5.08. The summed E-state index contributed by atoms with van der Waals surface area (Å²) in [6, 6.07) is 3.02. The minimum Gasteiger partial charge on any atom is -0.378 e. The van der Waals surface area contributed by atoms with Crippen molar-refractivity contribution in [3.8, 4) is 0 Å². The highest BCUT2D eigenvalue weighted by atomic mass is 16.5. The van der Waals surface area contributed by atoms with Crippen LogP contribution < -0.4 is 5.56 Å². The number of amides is 1. The van der Waals surface area contributed by atoms with Crippen molar-refractivity contribution in [2.75, 3.05) is 13.7 Å². The molecule has 0 unspecified atom stereocenters. The summed E-state index contributed by atoms with van der Waals surface area (Å²) >= 11 is 0. The Morgan fingerprint density at radius 3 is 2.81 bits per heavy atom. The highest BCUT2D eigenvalue weighted by molar-refractivity contribution is 5.92. The van der Waals surface area contributed by atoms with Gasteiger partial charge in [-0.2, -0.15) is 5.10 Å². The average molecular weight is 291 g/mol. The van der Waals surface area contributed by atoms with Crippen LogP contribution in [0.15, 0.2) is 16.9 Å². The zero-order valence-corrected chi connectivity index (χ0v) is 12.5. The van der Waals surface area contributed by atoms with Crippen LogP contribution in [0, 0.1) is 5.41 Å². The summed E-state index contributed by atoms with van der Waals surface area (Å²) < 4.78 is 5.82. The van der Waals surface area contributed by atoms with Crippen LogP contribution >= 0.6 is 0 Å². The molecular formula is C15H21N3O3. The van der Waals surface area contributed by atoms with E-state index in [0.29, 0.717) is 0 Å². The summed E-state index contributed by atoms with van der Waals surface area (Å²) in [6.07, 6.45) is 4.62. The molecular weight excluding hydrogens is 270 g/mol. The maximum absolute atomic E-state index is 12.5. The monoisotopic (exact) mass is 291 g/mol. The molecule has 0 radical (unpaired) electrons. The number of rotatable bonds is 4. The maximum Gasteiger partial charge on any atom is 0.274 e. The number of H-pyrrole nitrogens is 1. The van der Waals surface area contributed by atoms with Gasteiger partial charge in [-0.05, 0) is 32.3 Å². The molecule has 2 fully saturated rings. The molecule has 2 aliphatic rings. The van der Waals surface area contributed by atoms with Gasteiger partial charge in [-0.3, -0.25) is 9.59 Å². The molecule has 6 nitrogen and oxygen atoms in total. The van der Waals surface area contributed by atoms with E-state index in [4.69, 9.17) is 4.74 Å². The molecule has 6 heteroatoms. The largest absolute Gasteiger partial charge is 0.378 e. The third-order valence-corrected chi connectivity index (χ3v) is 5.08. The molecule has 0 aliphatic heterocycles. The summed E-state index contributed by atoms with van der Waals surface area (Å²) in [4.78, 5) is 25.3. The van der Waals surface area contributed by atoms with E-state index in [-0.39, 0.29) is 34.7 Å².